The fraction of sp³-hybridized carbons (Fsp3) is 0. The average Bonchev–Trinajstić information content (AvgIpc) is 2.60. The molecule has 0 bridgehead atoms. The molecule has 0 aliphatic rings. The summed E-state index contributed by atoms with van der Waals surface area (Å²) in [4.78, 5) is 34.1. The van der Waals surface area contributed by atoms with E-state index in [1.807, 2.05) is 5.32 Å². The number of carbonyl (C=O) groups is 1. The minimum atomic E-state index is -1.26. The lowest BCUT2D eigenvalue weighted by atomic mass is 10.1. The summed E-state index contributed by atoms with van der Waals surface area (Å²) in [6, 6.07) is 3.97. The molecule has 11 heteroatoms. The lowest BCUT2D eigenvalue weighted by Crippen LogP contribution is -2.21. The number of hydrogen-bond acceptors (Lipinski definition) is 7. The number of nitro groups is 1. The van der Waals surface area contributed by atoms with Crippen LogP contribution in [0.4, 0.5) is 20.2 Å². The number of anilines is 1. The van der Waals surface area contributed by atoms with Crippen molar-refractivity contribution in [2.24, 2.45) is 0 Å². The normalized spacial score (nSPS) is 10.7. The van der Waals surface area contributed by atoms with Crippen LogP contribution in [-0.4, -0.2) is 21.0 Å². The van der Waals surface area contributed by atoms with Crippen LogP contribution >= 0.6 is 0 Å². The van der Waals surface area contributed by atoms with Crippen molar-refractivity contribution in [2.75, 3.05) is 5.32 Å². The maximum atomic E-state index is 13.6. The number of phenols is 2. The van der Waals surface area contributed by atoms with Gasteiger partial charge >= 0.3 is 11.3 Å². The van der Waals surface area contributed by atoms with Gasteiger partial charge in [0.25, 0.3) is 5.91 Å². The molecular weight excluding hydrogens is 370 g/mol. The summed E-state index contributed by atoms with van der Waals surface area (Å²) < 4.78 is 31.3. The Balaban J connectivity index is 2.10. The third-order valence-electron chi connectivity index (χ3n) is 3.57. The van der Waals surface area contributed by atoms with Gasteiger partial charge in [-0.2, -0.15) is 0 Å². The molecule has 0 aliphatic heterocycles. The van der Waals surface area contributed by atoms with Crippen molar-refractivity contribution < 1.29 is 33.1 Å². The average molecular weight is 378 g/mol. The Morgan fingerprint density at radius 3 is 2.48 bits per heavy atom. The van der Waals surface area contributed by atoms with Gasteiger partial charge in [0, 0.05) is 17.5 Å². The van der Waals surface area contributed by atoms with Crippen LogP contribution in [0, 0.1) is 21.7 Å². The molecule has 2 aromatic carbocycles. The van der Waals surface area contributed by atoms with Crippen LogP contribution in [0.25, 0.3) is 11.0 Å². The molecule has 3 aromatic rings. The van der Waals surface area contributed by atoms with E-state index in [9.17, 15) is 38.7 Å². The minimum Gasteiger partial charge on any atom is -0.501 e. The number of nitro benzene ring substituents is 1. The molecule has 27 heavy (non-hydrogen) atoms. The SMILES string of the molecule is O=C(Nc1ccc(F)cc1F)c1cc2cc([N+](=O)[O-])c(O)c(O)c2oc1=O. The van der Waals surface area contributed by atoms with Gasteiger partial charge in [-0.25, -0.2) is 13.6 Å². The molecule has 3 rings (SSSR count). The Bertz CT molecular complexity index is 1170. The molecular formula is C16H8F2N2O7. The lowest BCUT2D eigenvalue weighted by molar-refractivity contribution is -0.385. The quantitative estimate of drug-likeness (QED) is 0.275. The summed E-state index contributed by atoms with van der Waals surface area (Å²) in [5, 5.41) is 32.0. The zero-order chi connectivity index (χ0) is 19.9. The molecule has 0 spiro atoms. The van der Waals surface area contributed by atoms with Crippen molar-refractivity contribution in [3.05, 3.63) is 68.1 Å². The van der Waals surface area contributed by atoms with Crippen LogP contribution in [0.5, 0.6) is 11.5 Å². The number of hydrogen-bond donors (Lipinski definition) is 3. The summed E-state index contributed by atoms with van der Waals surface area (Å²) in [6.45, 7) is 0. The van der Waals surface area contributed by atoms with E-state index in [1.165, 1.54) is 0 Å². The topological polar surface area (TPSA) is 143 Å². The van der Waals surface area contributed by atoms with Gasteiger partial charge in [-0.1, -0.05) is 0 Å². The van der Waals surface area contributed by atoms with E-state index in [0.717, 1.165) is 24.3 Å². The number of aromatic hydroxyl groups is 2. The first-order valence-electron chi connectivity index (χ1n) is 7.12. The Labute approximate surface area is 147 Å². The summed E-state index contributed by atoms with van der Waals surface area (Å²) in [6.07, 6.45) is 0. The van der Waals surface area contributed by atoms with Crippen LogP contribution in [0.3, 0.4) is 0 Å². The van der Waals surface area contributed by atoms with Gasteiger partial charge in [-0.05, 0) is 18.2 Å². The number of phenolic OH excluding ortho intramolecular Hbond substituents is 2. The van der Waals surface area contributed by atoms with Gasteiger partial charge in [0.05, 0.1) is 10.6 Å². The number of amides is 1. The van der Waals surface area contributed by atoms with E-state index in [4.69, 9.17) is 4.42 Å². The molecule has 0 saturated carbocycles. The molecule has 0 radical (unpaired) electrons. The van der Waals surface area contributed by atoms with E-state index in [2.05, 4.69) is 0 Å². The van der Waals surface area contributed by atoms with Gasteiger partial charge in [-0.15, -0.1) is 0 Å². The number of halogens is 2. The largest absolute Gasteiger partial charge is 0.501 e. The molecule has 1 heterocycles. The third kappa shape index (κ3) is 3.13. The molecule has 1 amide bonds. The summed E-state index contributed by atoms with van der Waals surface area (Å²) >= 11 is 0. The Morgan fingerprint density at radius 2 is 1.85 bits per heavy atom. The Kier molecular flexibility index (Phi) is 4.20. The van der Waals surface area contributed by atoms with Gasteiger partial charge in [-0.3, -0.25) is 14.9 Å². The third-order valence-corrected chi connectivity index (χ3v) is 3.57. The van der Waals surface area contributed by atoms with Gasteiger partial charge in [0.1, 0.15) is 17.2 Å². The van der Waals surface area contributed by atoms with E-state index < -0.39 is 62.1 Å². The van der Waals surface area contributed by atoms with Crippen LogP contribution in [0.1, 0.15) is 10.4 Å². The molecule has 0 fully saturated rings. The van der Waals surface area contributed by atoms with Crippen molar-refractivity contribution in [2.45, 2.75) is 0 Å². The monoisotopic (exact) mass is 378 g/mol. The maximum absolute atomic E-state index is 13.6. The zero-order valence-electron chi connectivity index (χ0n) is 13.0. The van der Waals surface area contributed by atoms with Crippen LogP contribution in [-0.2, 0) is 0 Å². The highest BCUT2D eigenvalue weighted by atomic mass is 19.1. The van der Waals surface area contributed by atoms with Crippen molar-refractivity contribution in [3.8, 4) is 11.5 Å². The molecule has 9 nitrogen and oxygen atoms in total. The Hall–Kier alpha value is -4.02. The van der Waals surface area contributed by atoms with Gasteiger partial charge < -0.3 is 19.9 Å². The zero-order valence-corrected chi connectivity index (χ0v) is 13.0. The second-order valence-corrected chi connectivity index (χ2v) is 5.29. The van der Waals surface area contributed by atoms with Crippen molar-refractivity contribution in [1.82, 2.24) is 0 Å². The fourth-order valence-electron chi connectivity index (χ4n) is 2.30. The number of nitrogens with zero attached hydrogens (tertiary/aromatic N) is 1. The van der Waals surface area contributed by atoms with Crippen LogP contribution in [0.2, 0.25) is 0 Å². The molecule has 0 saturated heterocycles. The van der Waals surface area contributed by atoms with E-state index in [1.54, 1.807) is 0 Å². The van der Waals surface area contributed by atoms with Crippen LogP contribution in [0.15, 0.2) is 39.5 Å². The number of fused-ring (bicyclic) bond motifs is 1. The first-order chi connectivity index (χ1) is 12.7. The maximum Gasteiger partial charge on any atom is 0.349 e. The lowest BCUT2D eigenvalue weighted by Gasteiger charge is -2.07. The van der Waals surface area contributed by atoms with E-state index in [0.29, 0.717) is 6.07 Å². The molecule has 0 atom stereocenters. The smallest absolute Gasteiger partial charge is 0.349 e. The highest BCUT2D eigenvalue weighted by molar-refractivity contribution is 6.06. The summed E-state index contributed by atoms with van der Waals surface area (Å²) in [5.74, 6) is -5.26. The van der Waals surface area contributed by atoms with Crippen LogP contribution < -0.4 is 10.9 Å². The Morgan fingerprint density at radius 1 is 1.15 bits per heavy atom. The highest BCUT2D eigenvalue weighted by Crippen LogP contribution is 2.41. The first kappa shape index (κ1) is 17.8. The minimum absolute atomic E-state index is 0.235. The van der Waals surface area contributed by atoms with Crippen molar-refractivity contribution >= 4 is 28.3 Å². The van der Waals surface area contributed by atoms with E-state index in [-0.39, 0.29) is 5.39 Å². The fourth-order valence-corrected chi connectivity index (χ4v) is 2.30. The summed E-state index contributed by atoms with van der Waals surface area (Å²) in [7, 11) is 0. The van der Waals surface area contributed by atoms with E-state index >= 15 is 0 Å². The molecule has 0 aliphatic carbocycles. The predicted molar refractivity (Wildman–Crippen MR) is 86.8 cm³/mol. The highest BCUT2D eigenvalue weighted by Gasteiger charge is 2.24. The number of nitrogens with one attached hydrogen (secondary N) is 1. The number of benzene rings is 2. The first-order valence-corrected chi connectivity index (χ1v) is 7.12. The second-order valence-electron chi connectivity index (χ2n) is 5.29. The van der Waals surface area contributed by atoms with Crippen molar-refractivity contribution in [1.29, 1.82) is 0 Å². The predicted octanol–water partition coefficient (Wildman–Crippen LogP) is 2.64. The second kappa shape index (κ2) is 6.37. The standard InChI is InChI=1S/C16H8F2N2O7/c17-7-1-2-10(9(18)5-7)19-15(23)8-3-6-4-11(20(25)26)12(21)13(22)14(6)27-16(8)24/h1-5,21-22H,(H,19,23). The molecule has 0 unspecified atom stereocenters. The summed E-state index contributed by atoms with van der Waals surface area (Å²) in [5.41, 5.74) is -3.80. The van der Waals surface area contributed by atoms with Crippen molar-refractivity contribution in [3.63, 3.8) is 0 Å². The molecule has 1 aromatic heterocycles. The molecule has 3 N–H and O–H groups in total. The number of carbonyl (C=O) groups excluding carboxylic acids is 1. The van der Waals surface area contributed by atoms with Gasteiger partial charge in [0.15, 0.2) is 5.58 Å². The molecule has 138 valence electrons. The van der Waals surface area contributed by atoms with Gasteiger partial charge in [0.2, 0.25) is 11.5 Å². The number of rotatable bonds is 3.